The van der Waals surface area contributed by atoms with Gasteiger partial charge < -0.3 is 15.3 Å². The molecule has 1 aliphatic heterocycles. The summed E-state index contributed by atoms with van der Waals surface area (Å²) < 4.78 is 0.945. The lowest BCUT2D eigenvalue weighted by atomic mass is 10.1. The normalized spacial score (nSPS) is 18.4. The van der Waals surface area contributed by atoms with E-state index < -0.39 is 6.02 Å². The molecule has 3 rings (SSSR count). The van der Waals surface area contributed by atoms with Crippen molar-refractivity contribution >= 4 is 27.6 Å². The maximum absolute atomic E-state index is 12.0. The highest BCUT2D eigenvalue weighted by molar-refractivity contribution is 9.10. The molecule has 0 fully saturated rings. The van der Waals surface area contributed by atoms with Crippen LogP contribution in [-0.2, 0) is 11.3 Å². The van der Waals surface area contributed by atoms with Crippen molar-refractivity contribution in [1.29, 1.82) is 0 Å². The van der Waals surface area contributed by atoms with E-state index in [4.69, 9.17) is 4.84 Å². The molecule has 2 aromatic carbocycles. The molecular weight excluding hydrogens is 384 g/mol. The number of quaternary nitrogens is 1. The minimum Gasteiger partial charge on any atom is -0.846 e. The summed E-state index contributed by atoms with van der Waals surface area (Å²) in [6.07, 6.45) is 2.64. The lowest BCUT2D eigenvalue weighted by molar-refractivity contribution is -0.934. The maximum atomic E-state index is 12.0. The predicted molar refractivity (Wildman–Crippen MR) is 98.1 cm³/mol. The summed E-state index contributed by atoms with van der Waals surface area (Å²) in [5.41, 5.74) is 4.77. The Kier molecular flexibility index (Phi) is 5.70. The largest absolute Gasteiger partial charge is 0.846 e. The van der Waals surface area contributed by atoms with E-state index in [-0.39, 0.29) is 11.9 Å². The quantitative estimate of drug-likeness (QED) is 0.521. The molecule has 0 spiro atoms. The molecule has 0 bridgehead atoms. The summed E-state index contributed by atoms with van der Waals surface area (Å²) >= 11 is 3.35. The number of nitrogens with one attached hydrogen (secondary N) is 3. The number of hydrogen-bond donors (Lipinski definition) is 3. The molecule has 130 valence electrons. The molecule has 25 heavy (non-hydrogen) atoms. The molecule has 2 atom stereocenters. The Hall–Kier alpha value is -2.35. The van der Waals surface area contributed by atoms with Crippen LogP contribution >= 0.6 is 15.9 Å². The molecule has 0 saturated carbocycles. The summed E-state index contributed by atoms with van der Waals surface area (Å²) in [6.45, 7) is 2.10. The summed E-state index contributed by atoms with van der Waals surface area (Å²) in [5, 5.41) is 15.6. The van der Waals surface area contributed by atoms with Crippen LogP contribution in [0.2, 0.25) is 0 Å². The van der Waals surface area contributed by atoms with Gasteiger partial charge in [0, 0.05) is 22.2 Å². The SMILES string of the molecule is CC(Cc1ccccc1)[NH+]1C=C(/N=C(\[O-])Nc2ccc(Br)cc2)ON1. The van der Waals surface area contributed by atoms with Gasteiger partial charge in [-0.25, -0.2) is 4.99 Å². The van der Waals surface area contributed by atoms with E-state index in [1.165, 1.54) is 5.56 Å². The van der Waals surface area contributed by atoms with Gasteiger partial charge in [0.1, 0.15) is 6.04 Å². The summed E-state index contributed by atoms with van der Waals surface area (Å²) in [5.74, 6) is 0.254. The standard InChI is InChI=1S/C18H19BrN4O2/c1-13(11-14-5-3-2-4-6-14)23-12-17(25-22-23)21-18(24)20-16-9-7-15(19)8-10-16/h2-10,12-13,22H,11H2,1H3,(H2,20,21,24). The van der Waals surface area contributed by atoms with Crippen molar-refractivity contribution in [1.82, 2.24) is 5.59 Å². The van der Waals surface area contributed by atoms with E-state index in [1.807, 2.05) is 30.3 Å². The van der Waals surface area contributed by atoms with E-state index >= 15 is 0 Å². The molecule has 0 aliphatic carbocycles. The third kappa shape index (κ3) is 5.06. The van der Waals surface area contributed by atoms with E-state index in [1.54, 1.807) is 18.3 Å². The summed E-state index contributed by atoms with van der Waals surface area (Å²) in [6, 6.07) is 17.2. The van der Waals surface area contributed by atoms with Crippen LogP contribution in [0.4, 0.5) is 5.69 Å². The van der Waals surface area contributed by atoms with E-state index in [0.29, 0.717) is 5.69 Å². The van der Waals surface area contributed by atoms with Gasteiger partial charge in [-0.05, 0) is 36.8 Å². The molecule has 0 radical (unpaired) electrons. The Morgan fingerprint density at radius 2 is 1.96 bits per heavy atom. The number of benzene rings is 2. The molecule has 3 N–H and O–H groups in total. The van der Waals surface area contributed by atoms with Crippen LogP contribution in [0, 0.1) is 0 Å². The van der Waals surface area contributed by atoms with E-state index in [0.717, 1.165) is 15.9 Å². The Morgan fingerprint density at radius 3 is 2.68 bits per heavy atom. The Labute approximate surface area is 154 Å². The summed E-state index contributed by atoms with van der Waals surface area (Å²) in [4.78, 5) is 9.22. The first-order valence-corrected chi connectivity index (χ1v) is 8.73. The van der Waals surface area contributed by atoms with Gasteiger partial charge in [-0.2, -0.15) is 5.01 Å². The van der Waals surface area contributed by atoms with Gasteiger partial charge in [-0.15, -0.1) is 0 Å². The fraction of sp³-hybridized carbons (Fsp3) is 0.167. The third-order valence-electron chi connectivity index (χ3n) is 3.78. The molecule has 0 amide bonds. The maximum Gasteiger partial charge on any atom is 0.300 e. The van der Waals surface area contributed by atoms with E-state index in [2.05, 4.69) is 50.9 Å². The Bertz CT molecular complexity index is 762. The monoisotopic (exact) mass is 402 g/mol. The first kappa shape index (κ1) is 17.5. The molecular formula is C18H19BrN4O2. The van der Waals surface area contributed by atoms with Crippen molar-refractivity contribution in [3.05, 3.63) is 76.7 Å². The highest BCUT2D eigenvalue weighted by Crippen LogP contribution is 2.14. The zero-order chi connectivity index (χ0) is 17.6. The van der Waals surface area contributed by atoms with Crippen LogP contribution in [0.1, 0.15) is 12.5 Å². The van der Waals surface area contributed by atoms with Crippen LogP contribution in [0.5, 0.6) is 0 Å². The fourth-order valence-corrected chi connectivity index (χ4v) is 2.73. The molecule has 1 aliphatic rings. The highest BCUT2D eigenvalue weighted by Gasteiger charge is 2.24. The lowest BCUT2D eigenvalue weighted by Gasteiger charge is -2.15. The number of anilines is 1. The van der Waals surface area contributed by atoms with Crippen molar-refractivity contribution in [3.8, 4) is 0 Å². The van der Waals surface area contributed by atoms with Crippen molar-refractivity contribution in [2.75, 3.05) is 5.32 Å². The zero-order valence-electron chi connectivity index (χ0n) is 13.7. The average molecular weight is 403 g/mol. The van der Waals surface area contributed by atoms with Crippen molar-refractivity contribution in [3.63, 3.8) is 0 Å². The molecule has 0 saturated heterocycles. The zero-order valence-corrected chi connectivity index (χ0v) is 15.3. The molecule has 1 heterocycles. The van der Waals surface area contributed by atoms with Crippen LogP contribution in [0.25, 0.3) is 0 Å². The Balaban J connectivity index is 1.59. The smallest absolute Gasteiger partial charge is 0.300 e. The van der Waals surface area contributed by atoms with Gasteiger partial charge in [-0.3, -0.25) is 0 Å². The molecule has 6 nitrogen and oxygen atoms in total. The summed E-state index contributed by atoms with van der Waals surface area (Å²) in [7, 11) is 0. The van der Waals surface area contributed by atoms with Crippen molar-refractivity contribution < 1.29 is 15.0 Å². The minimum absolute atomic E-state index is 0.227. The van der Waals surface area contributed by atoms with Gasteiger partial charge in [0.05, 0.1) is 6.02 Å². The molecule has 2 unspecified atom stereocenters. The van der Waals surface area contributed by atoms with Gasteiger partial charge in [0.25, 0.3) is 5.88 Å². The molecule has 2 aromatic rings. The lowest BCUT2D eigenvalue weighted by Crippen LogP contribution is -3.16. The van der Waals surface area contributed by atoms with Crippen LogP contribution in [0.3, 0.4) is 0 Å². The first-order valence-electron chi connectivity index (χ1n) is 7.94. The first-order chi connectivity index (χ1) is 12.1. The third-order valence-corrected chi connectivity index (χ3v) is 4.30. The van der Waals surface area contributed by atoms with Crippen molar-refractivity contribution in [2.45, 2.75) is 19.4 Å². The van der Waals surface area contributed by atoms with E-state index in [9.17, 15) is 5.11 Å². The minimum atomic E-state index is -0.479. The van der Waals surface area contributed by atoms with Gasteiger partial charge in [0.2, 0.25) is 0 Å². The predicted octanol–water partition coefficient (Wildman–Crippen LogP) is 1.34. The number of hydrogen-bond acceptors (Lipinski definition) is 4. The number of halogens is 1. The van der Waals surface area contributed by atoms with Crippen LogP contribution < -0.4 is 21.0 Å². The van der Waals surface area contributed by atoms with Gasteiger partial charge in [-0.1, -0.05) is 46.3 Å². The number of rotatable bonds is 5. The number of amidine groups is 1. The van der Waals surface area contributed by atoms with Gasteiger partial charge >= 0.3 is 0 Å². The number of aliphatic imine (C=N–C) groups is 1. The molecule has 0 aromatic heterocycles. The second-order valence-corrected chi connectivity index (χ2v) is 6.70. The second kappa shape index (κ2) is 8.15. The second-order valence-electron chi connectivity index (χ2n) is 5.78. The Morgan fingerprint density at radius 1 is 1.24 bits per heavy atom. The average Bonchev–Trinajstić information content (AvgIpc) is 3.06. The molecule has 7 heteroatoms. The topological polar surface area (TPSA) is 73.2 Å². The van der Waals surface area contributed by atoms with Gasteiger partial charge in [0.15, 0.2) is 6.20 Å². The fourth-order valence-electron chi connectivity index (χ4n) is 2.46. The highest BCUT2D eigenvalue weighted by atomic mass is 79.9. The van der Waals surface area contributed by atoms with Crippen LogP contribution in [0.15, 0.2) is 76.1 Å². The van der Waals surface area contributed by atoms with Crippen molar-refractivity contribution in [2.24, 2.45) is 4.99 Å². The number of nitrogens with zero attached hydrogens (tertiary/aromatic N) is 1. The van der Waals surface area contributed by atoms with Crippen LogP contribution in [-0.4, -0.2) is 12.1 Å².